The van der Waals surface area contributed by atoms with Gasteiger partial charge in [0.2, 0.25) is 0 Å². The number of hydrazone groups is 1. The van der Waals surface area contributed by atoms with Gasteiger partial charge < -0.3 is 9.30 Å². The first-order valence-electron chi connectivity index (χ1n) is 8.96. The van der Waals surface area contributed by atoms with Crippen LogP contribution < -0.4 is 10.2 Å². The summed E-state index contributed by atoms with van der Waals surface area (Å²) in [6.45, 7) is 2.72. The molecule has 8 heteroatoms. The number of hydrogen-bond acceptors (Lipinski definition) is 6. The van der Waals surface area contributed by atoms with Crippen molar-refractivity contribution in [2.45, 2.75) is 13.3 Å². The van der Waals surface area contributed by atoms with E-state index in [9.17, 15) is 0 Å². The normalized spacial score (nSPS) is 11.5. The molecular formula is C20H19BrN6O. The zero-order valence-corrected chi connectivity index (χ0v) is 17.1. The molecule has 0 spiro atoms. The Hall–Kier alpha value is -3.00. The van der Waals surface area contributed by atoms with E-state index in [0.29, 0.717) is 12.6 Å². The van der Waals surface area contributed by atoms with Crippen molar-refractivity contribution in [1.82, 2.24) is 19.7 Å². The first-order valence-corrected chi connectivity index (χ1v) is 9.76. The molecule has 2 aromatic heterocycles. The van der Waals surface area contributed by atoms with Crippen molar-refractivity contribution in [3.63, 3.8) is 0 Å². The maximum atomic E-state index is 5.76. The molecule has 0 fully saturated rings. The smallest absolute Gasteiger partial charge is 0.265 e. The van der Waals surface area contributed by atoms with Crippen LogP contribution >= 0.6 is 15.9 Å². The summed E-state index contributed by atoms with van der Waals surface area (Å²) < 4.78 is 8.72. The van der Waals surface area contributed by atoms with Gasteiger partial charge in [0.25, 0.3) is 5.95 Å². The average Bonchev–Trinajstić information content (AvgIpc) is 3.00. The highest BCUT2D eigenvalue weighted by Crippen LogP contribution is 2.25. The van der Waals surface area contributed by atoms with E-state index in [-0.39, 0.29) is 0 Å². The van der Waals surface area contributed by atoms with Gasteiger partial charge in [0.15, 0.2) is 5.65 Å². The summed E-state index contributed by atoms with van der Waals surface area (Å²) in [6, 6.07) is 13.8. The molecule has 142 valence electrons. The highest BCUT2D eigenvalue weighted by molar-refractivity contribution is 9.10. The molecule has 0 bridgehead atoms. The molecule has 4 rings (SSSR count). The number of para-hydroxylation sites is 1. The third-order valence-electron chi connectivity index (χ3n) is 4.31. The monoisotopic (exact) mass is 438 g/mol. The zero-order chi connectivity index (χ0) is 19.5. The minimum absolute atomic E-state index is 0.334. The Morgan fingerprint density at radius 1 is 1.21 bits per heavy atom. The van der Waals surface area contributed by atoms with Crippen LogP contribution in [0.5, 0.6) is 5.75 Å². The Morgan fingerprint density at radius 3 is 2.93 bits per heavy atom. The van der Waals surface area contributed by atoms with Crippen LogP contribution in [-0.4, -0.2) is 32.6 Å². The number of halogens is 1. The van der Waals surface area contributed by atoms with Crippen LogP contribution in [0.2, 0.25) is 0 Å². The third kappa shape index (κ3) is 3.55. The van der Waals surface area contributed by atoms with Crippen molar-refractivity contribution < 1.29 is 4.74 Å². The molecule has 0 amide bonds. The predicted octanol–water partition coefficient (Wildman–Crippen LogP) is 4.51. The molecule has 2 aromatic carbocycles. The second-order valence-electron chi connectivity index (χ2n) is 6.28. The van der Waals surface area contributed by atoms with E-state index in [1.807, 2.05) is 54.1 Å². The number of aromatic nitrogens is 4. The number of nitrogens with zero attached hydrogens (tertiary/aromatic N) is 5. The molecule has 0 aliphatic carbocycles. The summed E-state index contributed by atoms with van der Waals surface area (Å²) in [4.78, 5) is 4.56. The molecule has 1 N–H and O–H groups in total. The average molecular weight is 439 g/mol. The Bertz CT molecular complexity index is 1170. The Balaban J connectivity index is 1.60. The Morgan fingerprint density at radius 2 is 2.07 bits per heavy atom. The molecule has 0 radical (unpaired) electrons. The fourth-order valence-electron chi connectivity index (χ4n) is 2.98. The first kappa shape index (κ1) is 18.4. The van der Waals surface area contributed by atoms with Crippen molar-refractivity contribution in [2.75, 3.05) is 12.0 Å². The Kier molecular flexibility index (Phi) is 5.21. The lowest BCUT2D eigenvalue weighted by Gasteiger charge is -2.08. The van der Waals surface area contributed by atoms with Gasteiger partial charge in [-0.2, -0.15) is 10.1 Å². The van der Waals surface area contributed by atoms with Crippen molar-refractivity contribution in [3.05, 3.63) is 52.5 Å². The van der Waals surface area contributed by atoms with E-state index in [1.54, 1.807) is 6.21 Å². The molecule has 0 unspecified atom stereocenters. The number of anilines is 1. The van der Waals surface area contributed by atoms with Gasteiger partial charge in [-0.1, -0.05) is 41.1 Å². The molecule has 0 atom stereocenters. The second kappa shape index (κ2) is 7.93. The van der Waals surface area contributed by atoms with Gasteiger partial charge in [0.05, 0.1) is 18.3 Å². The van der Waals surface area contributed by atoms with Gasteiger partial charge in [-0.3, -0.25) is 0 Å². The van der Waals surface area contributed by atoms with E-state index in [0.717, 1.165) is 44.3 Å². The van der Waals surface area contributed by atoms with Crippen molar-refractivity contribution >= 4 is 50.2 Å². The molecule has 0 saturated carbocycles. The van der Waals surface area contributed by atoms with Gasteiger partial charge in [-0.15, -0.1) is 10.2 Å². The lowest BCUT2D eigenvalue weighted by Crippen LogP contribution is -2.02. The first-order chi connectivity index (χ1) is 13.7. The SMILES string of the molecule is CCCOc1ccc(Br)cc1/C=N/Nc1nnc2c3ccccc3n(C)c2n1. The summed E-state index contributed by atoms with van der Waals surface area (Å²) >= 11 is 3.48. The lowest BCUT2D eigenvalue weighted by molar-refractivity contribution is 0.317. The largest absolute Gasteiger partial charge is 0.493 e. The minimum Gasteiger partial charge on any atom is -0.493 e. The topological polar surface area (TPSA) is 77.2 Å². The number of ether oxygens (including phenoxy) is 1. The maximum absolute atomic E-state index is 5.76. The van der Waals surface area contributed by atoms with Crippen LogP contribution in [-0.2, 0) is 7.05 Å². The van der Waals surface area contributed by atoms with Crippen LogP contribution in [0.15, 0.2) is 52.0 Å². The van der Waals surface area contributed by atoms with Crippen LogP contribution in [0.1, 0.15) is 18.9 Å². The fourth-order valence-corrected chi connectivity index (χ4v) is 3.36. The summed E-state index contributed by atoms with van der Waals surface area (Å²) in [5, 5.41) is 13.8. The van der Waals surface area contributed by atoms with Crippen molar-refractivity contribution in [1.29, 1.82) is 0 Å². The van der Waals surface area contributed by atoms with Crippen LogP contribution in [0.4, 0.5) is 5.95 Å². The second-order valence-corrected chi connectivity index (χ2v) is 7.20. The summed E-state index contributed by atoms with van der Waals surface area (Å²) in [7, 11) is 1.96. The fraction of sp³-hybridized carbons (Fsp3) is 0.200. The highest BCUT2D eigenvalue weighted by atomic mass is 79.9. The molecule has 7 nitrogen and oxygen atoms in total. The molecule has 0 aliphatic heterocycles. The van der Waals surface area contributed by atoms with Crippen LogP contribution in [0.25, 0.3) is 22.1 Å². The lowest BCUT2D eigenvalue weighted by atomic mass is 10.2. The quantitative estimate of drug-likeness (QED) is 0.353. The van der Waals surface area contributed by atoms with Gasteiger partial charge in [-0.05, 0) is 30.7 Å². The van der Waals surface area contributed by atoms with Gasteiger partial charge in [0, 0.05) is 22.5 Å². The Labute approximate surface area is 170 Å². The van der Waals surface area contributed by atoms with E-state index in [2.05, 4.69) is 48.6 Å². The summed E-state index contributed by atoms with van der Waals surface area (Å²) in [5.41, 5.74) is 6.30. The number of aryl methyl sites for hydroxylation is 1. The molecular weight excluding hydrogens is 420 g/mol. The molecule has 28 heavy (non-hydrogen) atoms. The maximum Gasteiger partial charge on any atom is 0.265 e. The number of nitrogens with one attached hydrogen (secondary N) is 1. The van der Waals surface area contributed by atoms with E-state index < -0.39 is 0 Å². The number of benzene rings is 2. The van der Waals surface area contributed by atoms with Crippen molar-refractivity contribution in [2.24, 2.45) is 12.1 Å². The van der Waals surface area contributed by atoms with E-state index in [4.69, 9.17) is 4.74 Å². The van der Waals surface area contributed by atoms with Gasteiger partial charge >= 0.3 is 0 Å². The molecule has 0 saturated heterocycles. The minimum atomic E-state index is 0.334. The summed E-state index contributed by atoms with van der Waals surface area (Å²) in [6.07, 6.45) is 2.63. The molecule has 2 heterocycles. The highest BCUT2D eigenvalue weighted by Gasteiger charge is 2.11. The number of hydrogen-bond donors (Lipinski definition) is 1. The third-order valence-corrected chi connectivity index (χ3v) is 4.80. The van der Waals surface area contributed by atoms with Crippen LogP contribution in [0, 0.1) is 0 Å². The standard InChI is InChI=1S/C20H19BrN6O/c1-3-10-28-17-9-8-14(21)11-13(17)12-22-25-20-23-19-18(24-26-20)15-6-4-5-7-16(15)27(19)2/h4-9,11-12H,3,10H2,1-2H3,(H,23,25,26)/b22-12+. The zero-order valence-electron chi connectivity index (χ0n) is 15.6. The number of rotatable bonds is 6. The van der Waals surface area contributed by atoms with Gasteiger partial charge in [-0.25, -0.2) is 5.43 Å². The van der Waals surface area contributed by atoms with Crippen LogP contribution in [0.3, 0.4) is 0 Å². The predicted molar refractivity (Wildman–Crippen MR) is 115 cm³/mol. The molecule has 4 aromatic rings. The van der Waals surface area contributed by atoms with Crippen molar-refractivity contribution in [3.8, 4) is 5.75 Å². The molecule has 0 aliphatic rings. The van der Waals surface area contributed by atoms with E-state index in [1.165, 1.54) is 0 Å². The number of fused-ring (bicyclic) bond motifs is 3. The van der Waals surface area contributed by atoms with Gasteiger partial charge in [0.1, 0.15) is 11.3 Å². The summed E-state index contributed by atoms with van der Waals surface area (Å²) in [5.74, 6) is 1.11. The van der Waals surface area contributed by atoms with E-state index >= 15 is 0 Å².